The minimum atomic E-state index is -0.990. The van der Waals surface area contributed by atoms with Gasteiger partial charge >= 0.3 is 5.97 Å². The summed E-state index contributed by atoms with van der Waals surface area (Å²) in [5, 5.41) is 9.54. The fourth-order valence-electron chi connectivity index (χ4n) is 4.45. The van der Waals surface area contributed by atoms with Crippen molar-refractivity contribution >= 4 is 40.7 Å². The molecule has 2 fully saturated rings. The first-order valence-electron chi connectivity index (χ1n) is 10.3. The number of carbonyl (C=O) groups is 3. The molecule has 1 N–H and O–H groups in total. The summed E-state index contributed by atoms with van der Waals surface area (Å²) in [6.45, 7) is 2.95. The van der Waals surface area contributed by atoms with E-state index in [1.165, 1.54) is 17.8 Å². The van der Waals surface area contributed by atoms with E-state index in [0.717, 1.165) is 38.5 Å². The number of halogens is 1. The predicted octanol–water partition coefficient (Wildman–Crippen LogP) is 3.14. The van der Waals surface area contributed by atoms with E-state index in [-0.39, 0.29) is 36.7 Å². The van der Waals surface area contributed by atoms with E-state index in [9.17, 15) is 14.4 Å². The van der Waals surface area contributed by atoms with E-state index in [1.807, 2.05) is 4.90 Å². The van der Waals surface area contributed by atoms with Crippen molar-refractivity contribution in [2.75, 3.05) is 13.1 Å². The maximum Gasteiger partial charge on any atom is 0.309 e. The van der Waals surface area contributed by atoms with Gasteiger partial charge in [-0.25, -0.2) is 4.98 Å². The van der Waals surface area contributed by atoms with Gasteiger partial charge in [-0.15, -0.1) is 11.3 Å². The topological polar surface area (TPSA) is 90.8 Å². The Kier molecular flexibility index (Phi) is 7.51. The Balaban J connectivity index is 1.72. The Hall–Kier alpha value is -1.67. The lowest BCUT2D eigenvalue weighted by Crippen LogP contribution is -2.53. The number of piperidine rings is 1. The number of aromatic nitrogens is 1. The average molecular weight is 442 g/mol. The van der Waals surface area contributed by atoms with Gasteiger partial charge in [0.05, 0.1) is 18.5 Å². The normalized spacial score (nSPS) is 18.6. The lowest BCUT2D eigenvalue weighted by molar-refractivity contribution is -0.139. The number of likely N-dealkylation sites (tertiary alicyclic amines) is 1. The largest absolute Gasteiger partial charge is 0.481 e. The molecule has 29 heavy (non-hydrogen) atoms. The predicted molar refractivity (Wildman–Crippen MR) is 111 cm³/mol. The highest BCUT2D eigenvalue weighted by atomic mass is 35.5. The Morgan fingerprint density at radius 2 is 1.72 bits per heavy atom. The molecule has 3 rings (SSSR count). The third kappa shape index (κ3) is 5.69. The third-order valence-electron chi connectivity index (χ3n) is 5.87. The van der Waals surface area contributed by atoms with Crippen molar-refractivity contribution in [2.45, 2.75) is 76.8 Å². The van der Waals surface area contributed by atoms with Crippen LogP contribution in [0.15, 0.2) is 0 Å². The van der Waals surface area contributed by atoms with E-state index in [2.05, 4.69) is 9.88 Å². The minimum Gasteiger partial charge on any atom is -0.481 e. The molecule has 7 nitrogen and oxygen atoms in total. The molecule has 9 heteroatoms. The highest BCUT2D eigenvalue weighted by molar-refractivity contribution is 7.16. The zero-order valence-corrected chi connectivity index (χ0v) is 18.3. The average Bonchev–Trinajstić information content (AvgIpc) is 3.01. The molecule has 0 spiro atoms. The first-order valence-corrected chi connectivity index (χ1v) is 11.5. The summed E-state index contributed by atoms with van der Waals surface area (Å²) in [6.07, 6.45) is 7.01. The molecule has 0 unspecified atom stereocenters. The first-order chi connectivity index (χ1) is 13.8. The monoisotopic (exact) mass is 441 g/mol. The fourth-order valence-corrected chi connectivity index (χ4v) is 5.62. The molecule has 1 aliphatic heterocycles. The number of amides is 2. The number of aliphatic carboxylic acids is 1. The lowest BCUT2D eigenvalue weighted by Gasteiger charge is -2.43. The molecule has 160 valence electrons. The summed E-state index contributed by atoms with van der Waals surface area (Å²) >= 11 is 7.32. The second kappa shape index (κ2) is 9.89. The fraction of sp³-hybridized carbons (Fsp3) is 0.700. The molecule has 1 aromatic rings. The summed E-state index contributed by atoms with van der Waals surface area (Å²) in [6, 6.07) is 0.370. The summed E-state index contributed by atoms with van der Waals surface area (Å²) in [5.41, 5.74) is 0.325. The van der Waals surface area contributed by atoms with Crippen molar-refractivity contribution in [2.24, 2.45) is 0 Å². The highest BCUT2D eigenvalue weighted by Gasteiger charge is 2.34. The zero-order valence-electron chi connectivity index (χ0n) is 16.7. The zero-order chi connectivity index (χ0) is 21.0. The smallest absolute Gasteiger partial charge is 0.309 e. The molecule has 1 saturated carbocycles. The van der Waals surface area contributed by atoms with E-state index in [1.54, 1.807) is 6.92 Å². The van der Waals surface area contributed by atoms with Gasteiger partial charge in [0.2, 0.25) is 11.8 Å². The van der Waals surface area contributed by atoms with Gasteiger partial charge in [0.15, 0.2) is 0 Å². The molecule has 0 aromatic carbocycles. The number of carboxylic acids is 1. The van der Waals surface area contributed by atoms with Gasteiger partial charge in [0.1, 0.15) is 9.34 Å². The summed E-state index contributed by atoms with van der Waals surface area (Å²) in [5.74, 6) is -0.871. The van der Waals surface area contributed by atoms with Crippen LogP contribution in [0.1, 0.15) is 62.6 Å². The van der Waals surface area contributed by atoms with Crippen molar-refractivity contribution in [3.8, 4) is 0 Å². The van der Waals surface area contributed by atoms with Crippen molar-refractivity contribution in [1.29, 1.82) is 0 Å². The van der Waals surface area contributed by atoms with Gasteiger partial charge in [-0.2, -0.15) is 0 Å². The number of nitrogens with zero attached hydrogens (tertiary/aromatic N) is 3. The summed E-state index contributed by atoms with van der Waals surface area (Å²) in [7, 11) is 0. The van der Waals surface area contributed by atoms with E-state index >= 15 is 0 Å². The van der Waals surface area contributed by atoms with Gasteiger partial charge in [-0.05, 0) is 25.7 Å². The van der Waals surface area contributed by atoms with E-state index in [0.29, 0.717) is 28.1 Å². The maximum absolute atomic E-state index is 13.3. The molecule has 0 bridgehead atoms. The quantitative estimate of drug-likeness (QED) is 0.732. The first kappa shape index (κ1) is 22.0. The van der Waals surface area contributed by atoms with Crippen LogP contribution in [-0.2, 0) is 27.2 Å². The van der Waals surface area contributed by atoms with Crippen LogP contribution in [0.3, 0.4) is 0 Å². The van der Waals surface area contributed by atoms with Crippen LogP contribution in [0.25, 0.3) is 0 Å². The number of carboxylic acid groups (broad SMARTS) is 1. The second-order valence-corrected chi connectivity index (χ2v) is 9.59. The number of hydrogen-bond donors (Lipinski definition) is 1. The molecular formula is C20H28ClN3O4S. The standard InChI is InChI=1S/C20H28ClN3O4S/c1-13(25)23-9-7-15(8-10-23)24(14-5-3-2-4-6-14)18(26)12-17-22-16(11-19(27)28)20(21)29-17/h14-15H,2-12H2,1H3,(H,27,28). The minimum absolute atomic E-state index is 0.0328. The van der Waals surface area contributed by atoms with Crippen LogP contribution in [0, 0.1) is 0 Å². The Bertz CT molecular complexity index is 755. The molecule has 1 aliphatic carbocycles. The van der Waals surface area contributed by atoms with Crippen molar-refractivity contribution in [3.05, 3.63) is 15.0 Å². The van der Waals surface area contributed by atoms with Crippen molar-refractivity contribution < 1.29 is 19.5 Å². The lowest BCUT2D eigenvalue weighted by atomic mass is 9.91. The number of thiazole rings is 1. The second-order valence-electron chi connectivity index (χ2n) is 7.91. The maximum atomic E-state index is 13.3. The Morgan fingerprint density at radius 3 is 2.31 bits per heavy atom. The number of rotatable bonds is 6. The van der Waals surface area contributed by atoms with Crippen LogP contribution in [-0.4, -0.2) is 62.8 Å². The van der Waals surface area contributed by atoms with Gasteiger partial charge in [0.25, 0.3) is 0 Å². The Labute approximate surface area is 180 Å². The van der Waals surface area contributed by atoms with Gasteiger partial charge in [-0.3, -0.25) is 14.4 Å². The van der Waals surface area contributed by atoms with Crippen molar-refractivity contribution in [3.63, 3.8) is 0 Å². The van der Waals surface area contributed by atoms with Gasteiger partial charge in [-0.1, -0.05) is 30.9 Å². The molecule has 2 heterocycles. The van der Waals surface area contributed by atoms with Crippen LogP contribution in [0.4, 0.5) is 0 Å². The molecule has 2 aliphatic rings. The summed E-state index contributed by atoms with van der Waals surface area (Å²) in [4.78, 5) is 44.1. The SMILES string of the molecule is CC(=O)N1CCC(N(C(=O)Cc2nc(CC(=O)O)c(Cl)s2)C2CCCCC2)CC1. The van der Waals surface area contributed by atoms with Crippen LogP contribution < -0.4 is 0 Å². The summed E-state index contributed by atoms with van der Waals surface area (Å²) < 4.78 is 0.342. The molecule has 0 radical (unpaired) electrons. The molecule has 2 amide bonds. The van der Waals surface area contributed by atoms with Gasteiger partial charge < -0.3 is 14.9 Å². The number of carbonyl (C=O) groups excluding carboxylic acids is 2. The van der Waals surface area contributed by atoms with E-state index < -0.39 is 5.97 Å². The molecule has 1 saturated heterocycles. The third-order valence-corrected chi connectivity index (χ3v) is 7.21. The van der Waals surface area contributed by atoms with E-state index in [4.69, 9.17) is 16.7 Å². The Morgan fingerprint density at radius 1 is 1.10 bits per heavy atom. The van der Waals surface area contributed by atoms with Crippen LogP contribution >= 0.6 is 22.9 Å². The van der Waals surface area contributed by atoms with Crippen molar-refractivity contribution in [1.82, 2.24) is 14.8 Å². The number of hydrogen-bond acceptors (Lipinski definition) is 5. The molecular weight excluding hydrogens is 414 g/mol. The highest BCUT2D eigenvalue weighted by Crippen LogP contribution is 2.30. The molecule has 0 atom stereocenters. The van der Waals surface area contributed by atoms with Crippen LogP contribution in [0.2, 0.25) is 4.34 Å². The molecule has 1 aromatic heterocycles. The van der Waals surface area contributed by atoms with Crippen LogP contribution in [0.5, 0.6) is 0 Å². The van der Waals surface area contributed by atoms with Gasteiger partial charge in [0, 0.05) is 32.1 Å².